The van der Waals surface area contributed by atoms with Crippen molar-refractivity contribution in [2.75, 3.05) is 46.9 Å². The van der Waals surface area contributed by atoms with Crippen LogP contribution >= 0.6 is 0 Å². The zero-order valence-electron chi connectivity index (χ0n) is 26.3. The molecule has 0 unspecified atom stereocenters. The van der Waals surface area contributed by atoms with Crippen LogP contribution in [0.25, 0.3) is 11.1 Å². The lowest BCUT2D eigenvalue weighted by molar-refractivity contribution is -0.139. The van der Waals surface area contributed by atoms with Crippen LogP contribution in [-0.4, -0.2) is 81.3 Å². The van der Waals surface area contributed by atoms with Gasteiger partial charge in [-0.25, -0.2) is 0 Å². The van der Waals surface area contributed by atoms with Gasteiger partial charge in [0.2, 0.25) is 11.8 Å². The number of ether oxygens (including phenoxy) is 2. The second-order valence-corrected chi connectivity index (χ2v) is 11.1. The lowest BCUT2D eigenvalue weighted by Crippen LogP contribution is -2.45. The van der Waals surface area contributed by atoms with E-state index in [0.29, 0.717) is 34.7 Å². The number of amides is 2. The summed E-state index contributed by atoms with van der Waals surface area (Å²) in [5, 5.41) is 14.8. The van der Waals surface area contributed by atoms with Gasteiger partial charge in [-0.3, -0.25) is 19.2 Å². The maximum atomic E-state index is 14.0. The van der Waals surface area contributed by atoms with Crippen molar-refractivity contribution >= 4 is 23.4 Å². The summed E-state index contributed by atoms with van der Waals surface area (Å²) in [4.78, 5) is 55.2. The molecule has 12 heteroatoms. The van der Waals surface area contributed by atoms with Crippen molar-refractivity contribution in [3.63, 3.8) is 0 Å². The number of rotatable bonds is 13. The minimum Gasteiger partial charge on any atom is -0.492 e. The molecule has 0 aromatic heterocycles. The van der Waals surface area contributed by atoms with Gasteiger partial charge < -0.3 is 36.5 Å². The van der Waals surface area contributed by atoms with Crippen molar-refractivity contribution in [3.05, 3.63) is 47.5 Å². The van der Waals surface area contributed by atoms with E-state index in [2.05, 4.69) is 10.6 Å². The molecular weight excluding hydrogens is 576 g/mol. The predicted octanol–water partition coefficient (Wildman–Crippen LogP) is 1.65. The zero-order valence-corrected chi connectivity index (χ0v) is 26.3. The topological polar surface area (TPSA) is 190 Å². The molecule has 0 saturated carbocycles. The Kier molecular flexibility index (Phi) is 13.5. The highest BCUT2D eigenvalue weighted by Crippen LogP contribution is 2.40. The average molecular weight is 621 g/mol. The first-order valence-corrected chi connectivity index (χ1v) is 15.2. The fourth-order valence-electron chi connectivity index (χ4n) is 5.26. The molecule has 2 aromatic carbocycles. The molecule has 0 spiro atoms. The van der Waals surface area contributed by atoms with Gasteiger partial charge in [-0.05, 0) is 48.9 Å². The van der Waals surface area contributed by atoms with Crippen LogP contribution in [0.5, 0.6) is 11.5 Å². The summed E-state index contributed by atoms with van der Waals surface area (Å²) in [6, 6.07) is 10.8. The van der Waals surface area contributed by atoms with Gasteiger partial charge in [0, 0.05) is 69.4 Å². The highest BCUT2D eigenvalue weighted by Gasteiger charge is 2.33. The normalized spacial score (nSPS) is 18.3. The van der Waals surface area contributed by atoms with Crippen molar-refractivity contribution in [3.8, 4) is 28.7 Å². The molecule has 0 radical (unpaired) electrons. The Morgan fingerprint density at radius 2 is 1.67 bits per heavy atom. The molecule has 3 atom stereocenters. The van der Waals surface area contributed by atoms with Gasteiger partial charge in [-0.15, -0.1) is 0 Å². The number of nitrogens with two attached hydrogens (primary N) is 2. The second kappa shape index (κ2) is 17.2. The van der Waals surface area contributed by atoms with Gasteiger partial charge in [0.25, 0.3) is 0 Å². The molecule has 0 saturated heterocycles. The summed E-state index contributed by atoms with van der Waals surface area (Å²) in [5.74, 6) is -1.14. The zero-order chi connectivity index (χ0) is 32.9. The summed E-state index contributed by atoms with van der Waals surface area (Å²) in [7, 11) is 3.32. The standard InChI is InChI=1S/C33H44N6O6/c1-21-17-28(41)32(39(3)31(42)10-14-37-2)23-7-9-30(45-16-13-36)25(20-23)24-18-22(6-8-29(24)44-15-12-35)19-26(38-33(21)43)27(40)5-4-11-34/h6-9,18,20-21,26,32,37H,4-5,10,12-17,19,35-36H2,1-3H3,(H,38,43)/t21-,26+,32+/m1/s1. The third kappa shape index (κ3) is 9.34. The van der Waals surface area contributed by atoms with E-state index in [1.807, 2.05) is 18.2 Å². The van der Waals surface area contributed by atoms with Crippen LogP contribution in [0.2, 0.25) is 0 Å². The van der Waals surface area contributed by atoms with E-state index in [9.17, 15) is 19.2 Å². The minimum atomic E-state index is -1.00. The molecule has 242 valence electrons. The monoisotopic (exact) mass is 620 g/mol. The molecule has 4 bridgehead atoms. The first-order valence-electron chi connectivity index (χ1n) is 15.2. The summed E-state index contributed by atoms with van der Waals surface area (Å²) < 4.78 is 12.0. The van der Waals surface area contributed by atoms with Crippen molar-refractivity contribution in [2.45, 2.75) is 51.1 Å². The number of fused-ring (bicyclic) bond motifs is 5. The number of Topliss-reactive ketones (excluding diaryl/α,β-unsaturated/α-hetero) is 2. The third-order valence-electron chi connectivity index (χ3n) is 7.66. The first-order chi connectivity index (χ1) is 21.6. The van der Waals surface area contributed by atoms with Gasteiger partial charge in [-0.2, -0.15) is 5.26 Å². The molecule has 3 rings (SSSR count). The number of hydrogen-bond acceptors (Lipinski definition) is 10. The lowest BCUT2D eigenvalue weighted by atomic mass is 9.89. The maximum Gasteiger partial charge on any atom is 0.224 e. The Labute approximate surface area is 264 Å². The molecule has 12 nitrogen and oxygen atoms in total. The molecule has 1 heterocycles. The van der Waals surface area contributed by atoms with Crippen LogP contribution in [0.15, 0.2) is 36.4 Å². The largest absolute Gasteiger partial charge is 0.492 e. The quantitative estimate of drug-likeness (QED) is 0.256. The van der Waals surface area contributed by atoms with E-state index in [0.717, 1.165) is 5.56 Å². The summed E-state index contributed by atoms with van der Waals surface area (Å²) in [5.41, 5.74) is 14.0. The van der Waals surface area contributed by atoms with Crippen LogP contribution in [-0.2, 0) is 25.6 Å². The van der Waals surface area contributed by atoms with Gasteiger partial charge in [-0.1, -0.05) is 19.1 Å². The molecule has 0 aliphatic carbocycles. The molecule has 0 fully saturated rings. The number of carbonyl (C=O) groups is 4. The fraction of sp³-hybridized carbons (Fsp3) is 0.485. The number of likely N-dealkylation sites (N-methyl/N-ethyl adjacent to an activating group) is 1. The van der Waals surface area contributed by atoms with Crippen LogP contribution in [0.3, 0.4) is 0 Å². The van der Waals surface area contributed by atoms with Gasteiger partial charge in [0.15, 0.2) is 11.6 Å². The van der Waals surface area contributed by atoms with Crippen LogP contribution in [0.4, 0.5) is 0 Å². The van der Waals surface area contributed by atoms with E-state index in [1.54, 1.807) is 45.3 Å². The third-order valence-corrected chi connectivity index (χ3v) is 7.66. The first kappa shape index (κ1) is 35.2. The number of carbonyl (C=O) groups excluding carboxylic acids is 4. The Hall–Kier alpha value is -4.31. The van der Waals surface area contributed by atoms with Gasteiger partial charge in [0.1, 0.15) is 30.8 Å². The predicted molar refractivity (Wildman–Crippen MR) is 169 cm³/mol. The Balaban J connectivity index is 2.28. The fourth-order valence-corrected chi connectivity index (χ4v) is 5.26. The van der Waals surface area contributed by atoms with E-state index >= 15 is 0 Å². The molecule has 1 aliphatic rings. The molecular formula is C33H44N6O6. The second-order valence-electron chi connectivity index (χ2n) is 11.1. The van der Waals surface area contributed by atoms with E-state index < -0.39 is 23.9 Å². The van der Waals surface area contributed by atoms with E-state index in [4.69, 9.17) is 26.2 Å². The number of benzene rings is 2. The Bertz CT molecular complexity index is 1410. The summed E-state index contributed by atoms with van der Waals surface area (Å²) in [6.07, 6.45) is 0.143. The van der Waals surface area contributed by atoms with Gasteiger partial charge in [0.05, 0.1) is 12.1 Å². The molecule has 2 aromatic rings. The molecule has 2 amide bonds. The number of nitriles is 1. The number of nitrogens with one attached hydrogen (secondary N) is 2. The number of nitrogens with zero attached hydrogens (tertiary/aromatic N) is 2. The maximum absolute atomic E-state index is 14.0. The Morgan fingerprint density at radius 3 is 2.29 bits per heavy atom. The number of hydrogen-bond donors (Lipinski definition) is 4. The smallest absolute Gasteiger partial charge is 0.224 e. The van der Waals surface area contributed by atoms with E-state index in [1.165, 1.54) is 4.90 Å². The van der Waals surface area contributed by atoms with Crippen LogP contribution < -0.4 is 31.6 Å². The highest BCUT2D eigenvalue weighted by atomic mass is 16.5. The lowest BCUT2D eigenvalue weighted by Gasteiger charge is -2.30. The summed E-state index contributed by atoms with van der Waals surface area (Å²) in [6.45, 7) is 3.05. The SMILES string of the molecule is CNCCC(=O)N(C)[C@@H]1C(=O)C[C@@H](C)C(=O)N[C@H](C(=O)CCC#N)Cc2ccc(OCCN)c(c2)-c2cc1ccc2OCCN. The number of ketones is 2. The van der Waals surface area contributed by atoms with Crippen LogP contribution in [0.1, 0.15) is 49.8 Å². The summed E-state index contributed by atoms with van der Waals surface area (Å²) >= 11 is 0. The molecule has 45 heavy (non-hydrogen) atoms. The average Bonchev–Trinajstić information content (AvgIpc) is 3.03. The van der Waals surface area contributed by atoms with Crippen molar-refractivity contribution in [1.29, 1.82) is 5.26 Å². The minimum absolute atomic E-state index is 0.0145. The Morgan fingerprint density at radius 1 is 1.02 bits per heavy atom. The van der Waals surface area contributed by atoms with Crippen molar-refractivity contribution in [1.82, 2.24) is 15.5 Å². The molecule has 6 N–H and O–H groups in total. The van der Waals surface area contributed by atoms with Gasteiger partial charge >= 0.3 is 0 Å². The van der Waals surface area contributed by atoms with Crippen LogP contribution in [0, 0.1) is 17.2 Å². The van der Waals surface area contributed by atoms with E-state index in [-0.39, 0.29) is 75.9 Å². The highest BCUT2D eigenvalue weighted by molar-refractivity contribution is 5.95. The van der Waals surface area contributed by atoms with Crippen molar-refractivity contribution < 1.29 is 28.7 Å². The van der Waals surface area contributed by atoms with Crippen molar-refractivity contribution in [2.24, 2.45) is 17.4 Å². The molecule has 1 aliphatic heterocycles.